The van der Waals surface area contributed by atoms with E-state index < -0.39 is 0 Å². The topological polar surface area (TPSA) is 38.3 Å². The van der Waals surface area contributed by atoms with Crippen molar-refractivity contribution in [2.45, 2.75) is 51.9 Å². The SMILES string of the molecule is CC.COc1ccccc1C(=O)NCC1(c2ccccc2)CCC(C)CC1. The third-order valence-electron chi connectivity index (χ3n) is 5.56. The number of methoxy groups -OCH3 is 1. The minimum atomic E-state index is -0.0635. The van der Waals surface area contributed by atoms with Gasteiger partial charge in [0, 0.05) is 12.0 Å². The van der Waals surface area contributed by atoms with Crippen molar-refractivity contribution in [2.75, 3.05) is 13.7 Å². The second kappa shape index (κ2) is 10.1. The summed E-state index contributed by atoms with van der Waals surface area (Å²) in [5, 5.41) is 3.18. The summed E-state index contributed by atoms with van der Waals surface area (Å²) in [6, 6.07) is 18.0. The summed E-state index contributed by atoms with van der Waals surface area (Å²) < 4.78 is 5.32. The van der Waals surface area contributed by atoms with Gasteiger partial charge in [-0.05, 0) is 49.3 Å². The minimum Gasteiger partial charge on any atom is -0.496 e. The van der Waals surface area contributed by atoms with Gasteiger partial charge in [0.2, 0.25) is 0 Å². The number of hydrogen-bond donors (Lipinski definition) is 1. The van der Waals surface area contributed by atoms with Gasteiger partial charge in [0.15, 0.2) is 0 Å². The molecule has 146 valence electrons. The van der Waals surface area contributed by atoms with Gasteiger partial charge in [-0.15, -0.1) is 0 Å². The lowest BCUT2D eigenvalue weighted by Crippen LogP contribution is -2.43. The minimum absolute atomic E-state index is 0.0332. The molecule has 0 aliphatic heterocycles. The highest BCUT2D eigenvalue weighted by Crippen LogP contribution is 2.41. The van der Waals surface area contributed by atoms with E-state index in [1.165, 1.54) is 18.4 Å². The van der Waals surface area contributed by atoms with Crippen molar-refractivity contribution in [1.29, 1.82) is 0 Å². The summed E-state index contributed by atoms with van der Waals surface area (Å²) >= 11 is 0. The first kappa shape index (κ1) is 21.0. The normalized spacial score (nSPS) is 21.6. The molecule has 1 fully saturated rings. The number of carbonyl (C=O) groups excluding carboxylic acids is 1. The second-order valence-electron chi connectivity index (χ2n) is 7.21. The van der Waals surface area contributed by atoms with Gasteiger partial charge in [-0.2, -0.15) is 0 Å². The average Bonchev–Trinajstić information content (AvgIpc) is 2.75. The Morgan fingerprint density at radius 1 is 1.04 bits per heavy atom. The van der Waals surface area contributed by atoms with E-state index >= 15 is 0 Å². The average molecular weight is 368 g/mol. The Balaban J connectivity index is 0.00000126. The lowest BCUT2D eigenvalue weighted by Gasteiger charge is -2.40. The van der Waals surface area contributed by atoms with E-state index in [1.54, 1.807) is 7.11 Å². The molecule has 1 N–H and O–H groups in total. The van der Waals surface area contributed by atoms with E-state index in [1.807, 2.05) is 38.1 Å². The van der Waals surface area contributed by atoms with Crippen LogP contribution in [0.1, 0.15) is 62.4 Å². The largest absolute Gasteiger partial charge is 0.496 e. The lowest BCUT2D eigenvalue weighted by molar-refractivity contribution is 0.0930. The fraction of sp³-hybridized carbons (Fsp3) is 0.458. The van der Waals surface area contributed by atoms with Gasteiger partial charge in [-0.25, -0.2) is 0 Å². The van der Waals surface area contributed by atoms with Crippen molar-refractivity contribution < 1.29 is 9.53 Å². The Morgan fingerprint density at radius 2 is 1.63 bits per heavy atom. The number of ether oxygens (including phenoxy) is 1. The zero-order chi connectivity index (χ0) is 19.7. The maximum atomic E-state index is 12.7. The van der Waals surface area contributed by atoms with Gasteiger partial charge < -0.3 is 10.1 Å². The maximum Gasteiger partial charge on any atom is 0.255 e. The van der Waals surface area contributed by atoms with Crippen LogP contribution in [0, 0.1) is 5.92 Å². The van der Waals surface area contributed by atoms with Gasteiger partial charge in [-0.1, -0.05) is 63.2 Å². The van der Waals surface area contributed by atoms with Crippen LogP contribution in [0.2, 0.25) is 0 Å². The number of amides is 1. The predicted octanol–water partition coefficient (Wildman–Crippen LogP) is 5.60. The van der Waals surface area contributed by atoms with Gasteiger partial charge in [0.05, 0.1) is 12.7 Å². The molecule has 0 spiro atoms. The molecule has 1 amide bonds. The fourth-order valence-corrected chi connectivity index (χ4v) is 3.85. The molecule has 1 aliphatic carbocycles. The summed E-state index contributed by atoms with van der Waals surface area (Å²) in [6.45, 7) is 6.99. The Labute approximate surface area is 164 Å². The molecule has 1 aliphatic rings. The summed E-state index contributed by atoms with van der Waals surface area (Å²) in [5.74, 6) is 1.32. The highest BCUT2D eigenvalue weighted by Gasteiger charge is 2.36. The molecule has 3 rings (SSSR count). The number of hydrogen-bond acceptors (Lipinski definition) is 2. The molecule has 3 nitrogen and oxygen atoms in total. The van der Waals surface area contributed by atoms with E-state index in [0.717, 1.165) is 18.8 Å². The Kier molecular flexibility index (Phi) is 7.90. The molecule has 1 saturated carbocycles. The summed E-state index contributed by atoms with van der Waals surface area (Å²) in [7, 11) is 1.60. The van der Waals surface area contributed by atoms with Crippen molar-refractivity contribution in [1.82, 2.24) is 5.32 Å². The van der Waals surface area contributed by atoms with E-state index in [4.69, 9.17) is 4.74 Å². The molecule has 2 aromatic carbocycles. The number of para-hydroxylation sites is 1. The van der Waals surface area contributed by atoms with Crippen LogP contribution in [0.4, 0.5) is 0 Å². The molecule has 0 unspecified atom stereocenters. The van der Waals surface area contributed by atoms with Crippen LogP contribution in [0.25, 0.3) is 0 Å². The molecule has 2 aromatic rings. The van der Waals surface area contributed by atoms with Gasteiger partial charge in [0.25, 0.3) is 5.91 Å². The predicted molar refractivity (Wildman–Crippen MR) is 112 cm³/mol. The van der Waals surface area contributed by atoms with E-state index in [0.29, 0.717) is 17.9 Å². The standard InChI is InChI=1S/C22H27NO2.C2H6/c1-17-12-14-22(15-13-17,18-8-4-3-5-9-18)16-23-21(24)19-10-6-7-11-20(19)25-2;1-2/h3-11,17H,12-16H2,1-2H3,(H,23,24);1-2H3. The third-order valence-corrected chi connectivity index (χ3v) is 5.56. The molecule has 0 radical (unpaired) electrons. The number of rotatable bonds is 5. The first-order chi connectivity index (χ1) is 13.1. The molecular weight excluding hydrogens is 334 g/mol. The second-order valence-corrected chi connectivity index (χ2v) is 7.21. The Morgan fingerprint density at radius 3 is 2.26 bits per heavy atom. The van der Waals surface area contributed by atoms with E-state index in [2.05, 4.69) is 42.6 Å². The van der Waals surface area contributed by atoms with Crippen LogP contribution in [-0.2, 0) is 5.41 Å². The fourth-order valence-electron chi connectivity index (χ4n) is 3.85. The van der Waals surface area contributed by atoms with E-state index in [-0.39, 0.29) is 11.3 Å². The van der Waals surface area contributed by atoms with Gasteiger partial charge >= 0.3 is 0 Å². The molecule has 0 aromatic heterocycles. The first-order valence-corrected chi connectivity index (χ1v) is 10.1. The number of nitrogens with one attached hydrogen (secondary N) is 1. The summed E-state index contributed by atoms with van der Waals surface area (Å²) in [6.07, 6.45) is 4.65. The number of benzene rings is 2. The first-order valence-electron chi connectivity index (χ1n) is 10.1. The quantitative estimate of drug-likeness (QED) is 0.747. The zero-order valence-corrected chi connectivity index (χ0v) is 17.1. The zero-order valence-electron chi connectivity index (χ0n) is 17.1. The van der Waals surface area contributed by atoms with Crippen LogP contribution in [-0.4, -0.2) is 19.6 Å². The maximum absolute atomic E-state index is 12.7. The molecule has 27 heavy (non-hydrogen) atoms. The van der Waals surface area contributed by atoms with Gasteiger partial charge in [0.1, 0.15) is 5.75 Å². The van der Waals surface area contributed by atoms with Crippen LogP contribution in [0.15, 0.2) is 54.6 Å². The molecule has 3 heteroatoms. The van der Waals surface area contributed by atoms with Crippen molar-refractivity contribution in [3.8, 4) is 5.75 Å². The van der Waals surface area contributed by atoms with Crippen molar-refractivity contribution in [2.24, 2.45) is 5.92 Å². The van der Waals surface area contributed by atoms with Gasteiger partial charge in [-0.3, -0.25) is 4.79 Å². The summed E-state index contributed by atoms with van der Waals surface area (Å²) in [5.41, 5.74) is 1.96. The molecule has 0 atom stereocenters. The molecule has 0 heterocycles. The smallest absolute Gasteiger partial charge is 0.255 e. The van der Waals surface area contributed by atoms with Crippen LogP contribution < -0.4 is 10.1 Å². The molecular formula is C24H33NO2. The Hall–Kier alpha value is -2.29. The highest BCUT2D eigenvalue weighted by molar-refractivity contribution is 5.96. The lowest BCUT2D eigenvalue weighted by atomic mass is 9.67. The van der Waals surface area contributed by atoms with Crippen LogP contribution >= 0.6 is 0 Å². The summed E-state index contributed by atoms with van der Waals surface area (Å²) in [4.78, 5) is 12.7. The van der Waals surface area contributed by atoms with Crippen LogP contribution in [0.5, 0.6) is 5.75 Å². The van der Waals surface area contributed by atoms with Crippen LogP contribution in [0.3, 0.4) is 0 Å². The van der Waals surface area contributed by atoms with E-state index in [9.17, 15) is 4.79 Å². The monoisotopic (exact) mass is 367 g/mol. The van der Waals surface area contributed by atoms with Crippen molar-refractivity contribution >= 4 is 5.91 Å². The molecule has 0 bridgehead atoms. The van der Waals surface area contributed by atoms with Crippen molar-refractivity contribution in [3.05, 3.63) is 65.7 Å². The number of carbonyl (C=O) groups is 1. The van der Waals surface area contributed by atoms with Crippen molar-refractivity contribution in [3.63, 3.8) is 0 Å². The Bertz CT molecular complexity index is 703. The highest BCUT2D eigenvalue weighted by atomic mass is 16.5. The molecule has 0 saturated heterocycles. The third kappa shape index (κ3) is 5.12.